The zero-order valence-electron chi connectivity index (χ0n) is 11.7. The second-order valence-corrected chi connectivity index (χ2v) is 8.46. The van der Waals surface area contributed by atoms with E-state index in [1.54, 1.807) is 29.8 Å². The summed E-state index contributed by atoms with van der Waals surface area (Å²) in [7, 11) is 0.0411. The molecule has 0 fully saturated rings. The number of sulfonamides is 1. The Morgan fingerprint density at radius 1 is 1.40 bits per heavy atom. The number of nitrogens with one attached hydrogen (secondary N) is 1. The quantitative estimate of drug-likeness (QED) is 0.886. The van der Waals surface area contributed by atoms with Crippen molar-refractivity contribution in [1.82, 2.24) is 9.62 Å². The number of hydrogen-bond donors (Lipinski definition) is 1. The Balaban J connectivity index is 2.24. The average molecular weight is 330 g/mol. The van der Waals surface area contributed by atoms with Gasteiger partial charge in [-0.15, -0.1) is 22.7 Å². The van der Waals surface area contributed by atoms with Gasteiger partial charge in [-0.1, -0.05) is 6.07 Å². The Hall–Kier alpha value is -0.730. The molecule has 20 heavy (non-hydrogen) atoms. The molecule has 1 atom stereocenters. The van der Waals surface area contributed by atoms with E-state index in [4.69, 9.17) is 0 Å². The predicted octanol–water partition coefficient (Wildman–Crippen LogP) is 2.91. The molecule has 0 saturated carbocycles. The topological polar surface area (TPSA) is 49.4 Å². The molecular formula is C13H18N2O2S3. The fourth-order valence-corrected chi connectivity index (χ4v) is 5.36. The van der Waals surface area contributed by atoms with Gasteiger partial charge in [0.2, 0.25) is 10.0 Å². The minimum absolute atomic E-state index is 0.160. The second-order valence-electron chi connectivity index (χ2n) is 4.49. The Morgan fingerprint density at radius 3 is 2.75 bits per heavy atom. The molecular weight excluding hydrogens is 312 g/mol. The third-order valence-corrected chi connectivity index (χ3v) is 7.19. The zero-order chi connectivity index (χ0) is 14.8. The van der Waals surface area contributed by atoms with Crippen molar-refractivity contribution in [3.8, 4) is 0 Å². The molecule has 1 N–H and O–H groups in total. The molecule has 110 valence electrons. The Labute approximate surface area is 128 Å². The van der Waals surface area contributed by atoms with Crippen LogP contribution >= 0.6 is 22.7 Å². The summed E-state index contributed by atoms with van der Waals surface area (Å²) < 4.78 is 26.6. The molecule has 0 saturated heterocycles. The first-order valence-electron chi connectivity index (χ1n) is 6.20. The number of hydrogen-bond acceptors (Lipinski definition) is 5. The molecule has 0 aliphatic rings. The third kappa shape index (κ3) is 3.12. The first kappa shape index (κ1) is 15.7. The monoisotopic (exact) mass is 330 g/mol. The van der Waals surface area contributed by atoms with E-state index in [1.165, 1.54) is 15.6 Å². The summed E-state index contributed by atoms with van der Waals surface area (Å²) in [4.78, 5) is 2.43. The summed E-state index contributed by atoms with van der Waals surface area (Å²) in [5.74, 6) is 0. The molecule has 0 aliphatic heterocycles. The van der Waals surface area contributed by atoms with Crippen LogP contribution in [-0.2, 0) is 16.6 Å². The lowest BCUT2D eigenvalue weighted by atomic mass is 10.3. The van der Waals surface area contributed by atoms with Gasteiger partial charge in [0, 0.05) is 28.7 Å². The highest BCUT2D eigenvalue weighted by Gasteiger charge is 2.27. The Morgan fingerprint density at radius 2 is 2.15 bits per heavy atom. The highest BCUT2D eigenvalue weighted by molar-refractivity contribution is 7.89. The maximum atomic E-state index is 12.6. The molecule has 0 aromatic carbocycles. The van der Waals surface area contributed by atoms with Crippen molar-refractivity contribution < 1.29 is 8.42 Å². The molecule has 2 rings (SSSR count). The largest absolute Gasteiger partial charge is 0.315 e. The van der Waals surface area contributed by atoms with E-state index in [1.807, 2.05) is 31.5 Å². The molecule has 0 spiro atoms. The highest BCUT2D eigenvalue weighted by Crippen LogP contribution is 2.30. The van der Waals surface area contributed by atoms with Crippen LogP contribution in [0.2, 0.25) is 0 Å². The van der Waals surface area contributed by atoms with Gasteiger partial charge in [-0.25, -0.2) is 8.42 Å². The van der Waals surface area contributed by atoms with Crippen LogP contribution in [0, 0.1) is 0 Å². The number of rotatable bonds is 6. The van der Waals surface area contributed by atoms with E-state index in [0.29, 0.717) is 11.4 Å². The third-order valence-electron chi connectivity index (χ3n) is 3.16. The van der Waals surface area contributed by atoms with Gasteiger partial charge in [0.1, 0.15) is 0 Å². The van der Waals surface area contributed by atoms with Gasteiger partial charge in [0.05, 0.1) is 10.9 Å². The summed E-state index contributed by atoms with van der Waals surface area (Å²) in [5.41, 5.74) is 0. The van der Waals surface area contributed by atoms with E-state index < -0.39 is 10.0 Å². The van der Waals surface area contributed by atoms with Crippen molar-refractivity contribution in [2.75, 3.05) is 14.1 Å². The van der Waals surface area contributed by atoms with Crippen molar-refractivity contribution in [1.29, 1.82) is 0 Å². The van der Waals surface area contributed by atoms with Crippen LogP contribution in [0.1, 0.15) is 22.7 Å². The smallest absolute Gasteiger partial charge is 0.244 e. The molecule has 1 unspecified atom stereocenters. The van der Waals surface area contributed by atoms with Crippen molar-refractivity contribution in [3.63, 3.8) is 0 Å². The molecule has 0 bridgehead atoms. The van der Waals surface area contributed by atoms with Crippen molar-refractivity contribution in [2.45, 2.75) is 24.4 Å². The summed E-state index contributed by atoms with van der Waals surface area (Å²) >= 11 is 3.03. The highest BCUT2D eigenvalue weighted by atomic mass is 32.2. The lowest BCUT2D eigenvalue weighted by Gasteiger charge is -2.22. The van der Waals surface area contributed by atoms with Crippen molar-refractivity contribution in [2.24, 2.45) is 0 Å². The SMILES string of the molecule is CNCc1cc(S(=O)(=O)N(C)C(C)c2cccs2)cs1. The lowest BCUT2D eigenvalue weighted by molar-refractivity contribution is 0.403. The van der Waals surface area contributed by atoms with Crippen LogP contribution < -0.4 is 5.32 Å². The van der Waals surface area contributed by atoms with Crippen LogP contribution in [0.5, 0.6) is 0 Å². The lowest BCUT2D eigenvalue weighted by Crippen LogP contribution is -2.29. The second kappa shape index (κ2) is 6.36. The van der Waals surface area contributed by atoms with E-state index in [2.05, 4.69) is 5.32 Å². The van der Waals surface area contributed by atoms with Gasteiger partial charge in [-0.05, 0) is 31.5 Å². The number of thiophene rings is 2. The molecule has 4 nitrogen and oxygen atoms in total. The maximum absolute atomic E-state index is 12.6. The summed E-state index contributed by atoms with van der Waals surface area (Å²) in [6.45, 7) is 2.59. The Bertz CT molecular complexity index is 647. The molecule has 2 heterocycles. The van der Waals surface area contributed by atoms with E-state index in [9.17, 15) is 8.42 Å². The van der Waals surface area contributed by atoms with Gasteiger partial charge in [0.25, 0.3) is 0 Å². The van der Waals surface area contributed by atoms with Crippen LogP contribution in [-0.4, -0.2) is 26.8 Å². The number of nitrogens with zero attached hydrogens (tertiary/aromatic N) is 1. The normalized spacial score (nSPS) is 13.8. The van der Waals surface area contributed by atoms with Crippen molar-refractivity contribution >= 4 is 32.7 Å². The standard InChI is InChI=1S/C13H18N2O2S3/c1-10(13-5-4-6-18-13)15(3)20(16,17)12-7-11(8-14-2)19-9-12/h4-7,9-10,14H,8H2,1-3H3. The predicted molar refractivity (Wildman–Crippen MR) is 84.8 cm³/mol. The van der Waals surface area contributed by atoms with Crippen LogP contribution in [0.4, 0.5) is 0 Å². The van der Waals surface area contributed by atoms with Gasteiger partial charge >= 0.3 is 0 Å². The van der Waals surface area contributed by atoms with Gasteiger partial charge < -0.3 is 5.32 Å². The fourth-order valence-electron chi connectivity index (χ4n) is 1.85. The van der Waals surface area contributed by atoms with Crippen LogP contribution in [0.15, 0.2) is 33.9 Å². The van der Waals surface area contributed by atoms with Gasteiger partial charge in [-0.3, -0.25) is 0 Å². The molecule has 2 aromatic heterocycles. The summed E-state index contributed by atoms with van der Waals surface area (Å²) in [5, 5.41) is 6.69. The Kier molecular flexibility index (Phi) is 4.98. The first-order valence-corrected chi connectivity index (χ1v) is 9.40. The molecule has 0 amide bonds. The molecule has 0 aliphatic carbocycles. The van der Waals surface area contributed by atoms with Gasteiger partial charge in [-0.2, -0.15) is 4.31 Å². The first-order chi connectivity index (χ1) is 9.46. The van der Waals surface area contributed by atoms with Crippen LogP contribution in [0.3, 0.4) is 0 Å². The van der Waals surface area contributed by atoms with Crippen molar-refractivity contribution in [3.05, 3.63) is 38.7 Å². The zero-order valence-corrected chi connectivity index (χ0v) is 14.1. The molecule has 2 aromatic rings. The molecule has 0 radical (unpaired) electrons. The average Bonchev–Trinajstić information content (AvgIpc) is 3.08. The fraction of sp³-hybridized carbons (Fsp3) is 0.385. The molecule has 7 heteroatoms. The van der Waals surface area contributed by atoms with E-state index >= 15 is 0 Å². The maximum Gasteiger partial charge on any atom is 0.244 e. The minimum Gasteiger partial charge on any atom is -0.315 e. The van der Waals surface area contributed by atoms with Gasteiger partial charge in [0.15, 0.2) is 0 Å². The van der Waals surface area contributed by atoms with E-state index in [-0.39, 0.29) is 6.04 Å². The van der Waals surface area contributed by atoms with Crippen LogP contribution in [0.25, 0.3) is 0 Å². The minimum atomic E-state index is -3.44. The summed E-state index contributed by atoms with van der Waals surface area (Å²) in [6.07, 6.45) is 0. The van der Waals surface area contributed by atoms with E-state index in [0.717, 1.165) is 9.75 Å². The summed E-state index contributed by atoms with van der Waals surface area (Å²) in [6, 6.07) is 5.48.